The monoisotopic (exact) mass is 570 g/mol. The number of aliphatic hydroxyl groups is 1. The van der Waals surface area contributed by atoms with E-state index in [1.54, 1.807) is 24.3 Å². The summed E-state index contributed by atoms with van der Waals surface area (Å²) in [4.78, 5) is 41.7. The van der Waals surface area contributed by atoms with Crippen molar-refractivity contribution in [1.82, 2.24) is 20.9 Å². The lowest BCUT2D eigenvalue weighted by atomic mass is 10.0. The number of halogens is 1. The largest absolute Gasteiger partial charge is 0.492 e. The van der Waals surface area contributed by atoms with Crippen LogP contribution in [-0.2, 0) is 27.2 Å². The molecule has 1 heterocycles. The van der Waals surface area contributed by atoms with Gasteiger partial charge in [-0.1, -0.05) is 41.9 Å². The summed E-state index contributed by atoms with van der Waals surface area (Å²) in [5.74, 6) is -0.263. The Morgan fingerprint density at radius 1 is 1.05 bits per heavy atom. The molecular weight excluding hydrogens is 532 g/mol. The van der Waals surface area contributed by atoms with E-state index in [2.05, 4.69) is 16.0 Å². The predicted octanol–water partition coefficient (Wildman–Crippen LogP) is 2.08. The van der Waals surface area contributed by atoms with E-state index in [1.807, 2.05) is 24.3 Å². The predicted molar refractivity (Wildman–Crippen MR) is 153 cm³/mol. The van der Waals surface area contributed by atoms with Gasteiger partial charge < -0.3 is 30.7 Å². The molecule has 9 nitrogen and oxygen atoms in total. The molecule has 0 saturated heterocycles. The van der Waals surface area contributed by atoms with Crippen LogP contribution < -0.4 is 20.7 Å². The highest BCUT2D eigenvalue weighted by molar-refractivity contribution is 6.30. The quantitative estimate of drug-likeness (QED) is 0.447. The zero-order chi connectivity index (χ0) is 28.6. The molecule has 4 atom stereocenters. The van der Waals surface area contributed by atoms with Crippen molar-refractivity contribution < 1.29 is 24.2 Å². The smallest absolute Gasteiger partial charge is 0.246 e. The van der Waals surface area contributed by atoms with Crippen molar-refractivity contribution in [3.63, 3.8) is 0 Å². The molecule has 1 aliphatic carbocycles. The number of carbonyl (C=O) groups excluding carboxylic acids is 3. The zero-order valence-corrected chi connectivity index (χ0v) is 23.8. The second-order valence-electron chi connectivity index (χ2n) is 10.6. The van der Waals surface area contributed by atoms with Crippen LogP contribution in [-0.4, -0.2) is 78.7 Å². The standard InChI is InChI=1S/C30H39ClN4O5/c1-19(36)27-29(38)34-24(18-20-9-13-23(31)14-10-20)28(37)33-15-5-7-21-6-3-4-8-25(21)40-17-16-32-26(22-11-12-22)30(39)35(27)2/h3-4,6,8-10,13-14,19,22,24,26-27,32,36H,5,7,11-12,15-18H2,1-2H3,(H,33,37)(H,34,38)/t19-,24-,26+,27+/m1/s1. The topological polar surface area (TPSA) is 120 Å². The first-order chi connectivity index (χ1) is 19.2. The van der Waals surface area contributed by atoms with Crippen LogP contribution in [0.5, 0.6) is 5.75 Å². The Hall–Kier alpha value is -3.14. The second kappa shape index (κ2) is 14.0. The van der Waals surface area contributed by atoms with Gasteiger partial charge in [0.05, 0.1) is 12.1 Å². The molecule has 1 saturated carbocycles. The zero-order valence-electron chi connectivity index (χ0n) is 23.1. The average molecular weight is 571 g/mol. The number of benzene rings is 2. The number of aliphatic hydroxyl groups excluding tert-OH is 1. The number of likely N-dealkylation sites (N-methyl/N-ethyl adjacent to an activating group) is 1. The van der Waals surface area contributed by atoms with Crippen LogP contribution in [0.1, 0.15) is 37.3 Å². The Morgan fingerprint density at radius 3 is 2.48 bits per heavy atom. The van der Waals surface area contributed by atoms with E-state index >= 15 is 0 Å². The van der Waals surface area contributed by atoms with Crippen LogP contribution in [0.3, 0.4) is 0 Å². The van der Waals surface area contributed by atoms with Crippen molar-refractivity contribution in [2.75, 3.05) is 26.7 Å². The van der Waals surface area contributed by atoms with Crippen molar-refractivity contribution in [1.29, 1.82) is 0 Å². The normalized spacial score (nSPS) is 24.6. The van der Waals surface area contributed by atoms with Gasteiger partial charge in [-0.3, -0.25) is 14.4 Å². The van der Waals surface area contributed by atoms with Crippen molar-refractivity contribution in [3.8, 4) is 5.75 Å². The van der Waals surface area contributed by atoms with Crippen LogP contribution >= 0.6 is 11.6 Å². The summed E-state index contributed by atoms with van der Waals surface area (Å²) in [6.07, 6.45) is 2.28. The number of aryl methyl sites for hydroxylation is 1. The molecular formula is C30H39ClN4O5. The van der Waals surface area contributed by atoms with Gasteiger partial charge >= 0.3 is 0 Å². The molecule has 4 rings (SSSR count). The SMILES string of the molecule is C[C@@H](O)[C@H]1C(=O)N[C@H](Cc2ccc(Cl)cc2)C(=O)NCCCc2ccccc2OCCN[C@@H](C2CC2)C(=O)N1C. The first kappa shape index (κ1) is 29.8. The van der Waals surface area contributed by atoms with Crippen LogP contribution in [0.15, 0.2) is 48.5 Å². The number of carbonyl (C=O) groups is 3. The third-order valence-corrected chi connectivity index (χ3v) is 7.71. The number of ether oxygens (including phenoxy) is 1. The van der Waals surface area contributed by atoms with Gasteiger partial charge in [0.2, 0.25) is 17.7 Å². The molecule has 2 aromatic carbocycles. The Bertz CT molecular complexity index is 1170. The highest BCUT2D eigenvalue weighted by Gasteiger charge is 2.41. The van der Waals surface area contributed by atoms with Gasteiger partial charge in [0.25, 0.3) is 0 Å². The molecule has 2 aliphatic rings. The summed E-state index contributed by atoms with van der Waals surface area (Å²) < 4.78 is 6.04. The van der Waals surface area contributed by atoms with Crippen LogP contribution in [0.25, 0.3) is 0 Å². The fourth-order valence-electron chi connectivity index (χ4n) is 5.12. The van der Waals surface area contributed by atoms with Gasteiger partial charge in [-0.15, -0.1) is 0 Å². The summed E-state index contributed by atoms with van der Waals surface area (Å²) >= 11 is 6.03. The molecule has 3 amide bonds. The summed E-state index contributed by atoms with van der Waals surface area (Å²) in [6, 6.07) is 12.3. The minimum Gasteiger partial charge on any atom is -0.492 e. The number of fused-ring (bicyclic) bond motifs is 1. The summed E-state index contributed by atoms with van der Waals surface area (Å²) in [5, 5.41) is 20.2. The number of hydrogen-bond acceptors (Lipinski definition) is 6. The van der Waals surface area contributed by atoms with Crippen molar-refractivity contribution in [2.45, 2.75) is 63.3 Å². The highest BCUT2D eigenvalue weighted by Crippen LogP contribution is 2.33. The molecule has 4 N–H and O–H groups in total. The number of hydrogen-bond donors (Lipinski definition) is 4. The maximum absolute atomic E-state index is 13.6. The third-order valence-electron chi connectivity index (χ3n) is 7.45. The number of para-hydroxylation sites is 1. The van der Waals surface area contributed by atoms with E-state index in [4.69, 9.17) is 16.3 Å². The minimum atomic E-state index is -1.17. The number of nitrogens with one attached hydrogen (secondary N) is 3. The number of amides is 3. The molecule has 40 heavy (non-hydrogen) atoms. The molecule has 216 valence electrons. The van der Waals surface area contributed by atoms with Gasteiger partial charge in [-0.25, -0.2) is 0 Å². The van der Waals surface area contributed by atoms with E-state index in [0.717, 1.165) is 29.7 Å². The fourth-order valence-corrected chi connectivity index (χ4v) is 5.25. The fraction of sp³-hybridized carbons (Fsp3) is 0.500. The lowest BCUT2D eigenvalue weighted by molar-refractivity contribution is -0.145. The molecule has 2 aromatic rings. The van der Waals surface area contributed by atoms with Crippen LogP contribution in [0.2, 0.25) is 5.02 Å². The van der Waals surface area contributed by atoms with Crippen molar-refractivity contribution in [3.05, 3.63) is 64.7 Å². The molecule has 10 heteroatoms. The van der Waals surface area contributed by atoms with Gasteiger partial charge in [0.1, 0.15) is 24.4 Å². The van der Waals surface area contributed by atoms with Gasteiger partial charge in [0.15, 0.2) is 0 Å². The maximum Gasteiger partial charge on any atom is 0.246 e. The Balaban J connectivity index is 1.59. The first-order valence-electron chi connectivity index (χ1n) is 14.0. The Labute approximate surface area is 240 Å². The summed E-state index contributed by atoms with van der Waals surface area (Å²) in [7, 11) is 1.52. The minimum absolute atomic E-state index is 0.161. The lowest BCUT2D eigenvalue weighted by Crippen LogP contribution is -2.60. The van der Waals surface area contributed by atoms with E-state index in [9.17, 15) is 19.5 Å². The van der Waals surface area contributed by atoms with Crippen LogP contribution in [0, 0.1) is 5.92 Å². The molecule has 0 unspecified atom stereocenters. The van der Waals surface area contributed by atoms with Gasteiger partial charge in [-0.05, 0) is 67.9 Å². The number of rotatable bonds is 4. The highest BCUT2D eigenvalue weighted by atomic mass is 35.5. The third kappa shape index (κ3) is 7.96. The number of nitrogens with zero attached hydrogens (tertiary/aromatic N) is 1. The lowest BCUT2D eigenvalue weighted by Gasteiger charge is -2.33. The summed E-state index contributed by atoms with van der Waals surface area (Å²) in [5.41, 5.74) is 1.85. The molecule has 1 aliphatic heterocycles. The Morgan fingerprint density at radius 2 is 1.77 bits per heavy atom. The molecule has 0 bridgehead atoms. The molecule has 1 fully saturated rings. The van der Waals surface area contributed by atoms with E-state index in [-0.39, 0.29) is 24.2 Å². The maximum atomic E-state index is 13.6. The van der Waals surface area contributed by atoms with Crippen molar-refractivity contribution >= 4 is 29.3 Å². The Kier molecular flexibility index (Phi) is 10.4. The van der Waals surface area contributed by atoms with E-state index in [0.29, 0.717) is 37.6 Å². The molecule has 0 aromatic heterocycles. The van der Waals surface area contributed by atoms with E-state index < -0.39 is 30.1 Å². The molecule has 0 spiro atoms. The van der Waals surface area contributed by atoms with Gasteiger partial charge in [-0.2, -0.15) is 0 Å². The van der Waals surface area contributed by atoms with E-state index in [1.165, 1.54) is 18.9 Å². The van der Waals surface area contributed by atoms with Gasteiger partial charge in [0, 0.05) is 31.6 Å². The van der Waals surface area contributed by atoms with Crippen LogP contribution in [0.4, 0.5) is 0 Å². The molecule has 0 radical (unpaired) electrons. The van der Waals surface area contributed by atoms with Crippen molar-refractivity contribution in [2.24, 2.45) is 5.92 Å². The first-order valence-corrected chi connectivity index (χ1v) is 14.3. The summed E-state index contributed by atoms with van der Waals surface area (Å²) in [6.45, 7) is 2.71. The second-order valence-corrected chi connectivity index (χ2v) is 11.1. The average Bonchev–Trinajstić information content (AvgIpc) is 3.77.